The van der Waals surface area contributed by atoms with Gasteiger partial charge >= 0.3 is 0 Å². The van der Waals surface area contributed by atoms with Crippen LogP contribution in [0.4, 0.5) is 17.1 Å². The van der Waals surface area contributed by atoms with Gasteiger partial charge in [-0.15, -0.1) is 0 Å². The van der Waals surface area contributed by atoms with Gasteiger partial charge in [0.2, 0.25) is 5.91 Å². The number of hydrogen-bond donors (Lipinski definition) is 2. The molecule has 0 bridgehead atoms. The minimum absolute atomic E-state index is 0.108. The highest BCUT2D eigenvalue weighted by Gasteiger charge is 2.12. The van der Waals surface area contributed by atoms with E-state index in [4.69, 9.17) is 27.9 Å². The molecule has 9 heteroatoms. The summed E-state index contributed by atoms with van der Waals surface area (Å²) >= 11 is 11.7. The molecule has 0 heterocycles. The fourth-order valence-electron chi connectivity index (χ4n) is 1.90. The molecule has 0 aliphatic carbocycles. The lowest BCUT2D eigenvalue weighted by molar-refractivity contribution is -0.384. The predicted octanol–water partition coefficient (Wildman–Crippen LogP) is 3.96. The smallest absolute Gasteiger partial charge is 0.271 e. The van der Waals surface area contributed by atoms with Gasteiger partial charge in [-0.3, -0.25) is 14.9 Å². The van der Waals surface area contributed by atoms with Crippen LogP contribution in [0.3, 0.4) is 0 Å². The summed E-state index contributed by atoms with van der Waals surface area (Å²) in [5, 5.41) is 17.0. The molecule has 0 saturated carbocycles. The van der Waals surface area contributed by atoms with Gasteiger partial charge in [-0.1, -0.05) is 23.2 Å². The number of non-ortho nitro benzene ring substituents is 1. The van der Waals surface area contributed by atoms with E-state index in [0.29, 0.717) is 27.2 Å². The predicted molar refractivity (Wildman–Crippen MR) is 93.2 cm³/mol. The maximum absolute atomic E-state index is 12.0. The molecule has 0 spiro atoms. The quantitative estimate of drug-likeness (QED) is 0.593. The van der Waals surface area contributed by atoms with Gasteiger partial charge in [0.1, 0.15) is 5.75 Å². The Hall–Kier alpha value is -2.51. The van der Waals surface area contributed by atoms with Crippen molar-refractivity contribution < 1.29 is 14.5 Å². The molecule has 126 valence electrons. The molecule has 0 fully saturated rings. The molecule has 0 atom stereocenters. The summed E-state index contributed by atoms with van der Waals surface area (Å²) in [7, 11) is 1.43. The van der Waals surface area contributed by atoms with Gasteiger partial charge in [0.15, 0.2) is 0 Å². The van der Waals surface area contributed by atoms with E-state index in [9.17, 15) is 14.9 Å². The van der Waals surface area contributed by atoms with Gasteiger partial charge in [0.25, 0.3) is 5.69 Å². The average molecular weight is 370 g/mol. The Balaban J connectivity index is 2.04. The van der Waals surface area contributed by atoms with Crippen molar-refractivity contribution in [3.8, 4) is 5.75 Å². The van der Waals surface area contributed by atoms with Crippen LogP contribution in [0.1, 0.15) is 0 Å². The van der Waals surface area contributed by atoms with E-state index in [2.05, 4.69) is 10.6 Å². The second-order valence-corrected chi connectivity index (χ2v) is 5.49. The summed E-state index contributed by atoms with van der Waals surface area (Å²) in [5.41, 5.74) is 0.724. The Kier molecular flexibility index (Phi) is 5.83. The molecule has 0 aliphatic rings. The van der Waals surface area contributed by atoms with Crippen LogP contribution in [-0.4, -0.2) is 24.5 Å². The van der Waals surface area contributed by atoms with Gasteiger partial charge in [-0.05, 0) is 24.3 Å². The first kappa shape index (κ1) is 17.8. The van der Waals surface area contributed by atoms with Crippen LogP contribution in [0.5, 0.6) is 5.75 Å². The highest BCUT2D eigenvalue weighted by atomic mass is 35.5. The van der Waals surface area contributed by atoms with E-state index in [1.807, 2.05) is 0 Å². The number of rotatable bonds is 6. The van der Waals surface area contributed by atoms with Crippen molar-refractivity contribution in [3.63, 3.8) is 0 Å². The monoisotopic (exact) mass is 369 g/mol. The number of halogens is 2. The summed E-state index contributed by atoms with van der Waals surface area (Å²) in [6.45, 7) is -0.113. The third kappa shape index (κ3) is 4.50. The van der Waals surface area contributed by atoms with Crippen molar-refractivity contribution in [2.45, 2.75) is 0 Å². The number of nitrogens with one attached hydrogen (secondary N) is 2. The van der Waals surface area contributed by atoms with Crippen LogP contribution in [0, 0.1) is 10.1 Å². The molecule has 2 rings (SSSR count). The maximum Gasteiger partial charge on any atom is 0.271 e. The second kappa shape index (κ2) is 7.85. The van der Waals surface area contributed by atoms with Gasteiger partial charge in [-0.2, -0.15) is 0 Å². The Bertz CT molecular complexity index is 783. The molecule has 2 N–H and O–H groups in total. The van der Waals surface area contributed by atoms with Crippen LogP contribution in [0.15, 0.2) is 36.4 Å². The van der Waals surface area contributed by atoms with Crippen LogP contribution >= 0.6 is 23.2 Å². The maximum atomic E-state index is 12.0. The molecule has 0 aromatic heterocycles. The molecule has 7 nitrogen and oxygen atoms in total. The molecule has 0 aliphatic heterocycles. The molecule has 0 saturated heterocycles. The lowest BCUT2D eigenvalue weighted by Crippen LogP contribution is -2.22. The van der Waals surface area contributed by atoms with Gasteiger partial charge in [0.05, 0.1) is 34.3 Å². The van der Waals surface area contributed by atoms with Gasteiger partial charge < -0.3 is 15.4 Å². The van der Waals surface area contributed by atoms with Crippen molar-refractivity contribution >= 4 is 46.2 Å². The zero-order chi connectivity index (χ0) is 17.7. The fraction of sp³-hybridized carbons (Fsp3) is 0.133. The van der Waals surface area contributed by atoms with E-state index >= 15 is 0 Å². The number of nitro benzene ring substituents is 1. The summed E-state index contributed by atoms with van der Waals surface area (Å²) in [4.78, 5) is 22.3. The van der Waals surface area contributed by atoms with Crippen molar-refractivity contribution in [2.75, 3.05) is 24.3 Å². The minimum Gasteiger partial charge on any atom is -0.495 e. The molecule has 24 heavy (non-hydrogen) atoms. The standard InChI is InChI=1S/C15H13Cl2N3O4/c1-24-14-5-3-10(20(22)23)7-13(14)18-8-15(21)19-9-2-4-11(16)12(17)6-9/h2-7,18H,8H2,1H3,(H,19,21). The number of ether oxygens (including phenoxy) is 1. The summed E-state index contributed by atoms with van der Waals surface area (Å²) in [6, 6.07) is 8.77. The van der Waals surface area contributed by atoms with E-state index in [1.165, 1.54) is 31.4 Å². The number of amides is 1. The first-order chi connectivity index (χ1) is 11.4. The van der Waals surface area contributed by atoms with Crippen molar-refractivity contribution in [2.24, 2.45) is 0 Å². The van der Waals surface area contributed by atoms with Crippen LogP contribution in [0.25, 0.3) is 0 Å². The lowest BCUT2D eigenvalue weighted by Gasteiger charge is -2.11. The highest BCUT2D eigenvalue weighted by Crippen LogP contribution is 2.29. The number of carbonyl (C=O) groups excluding carboxylic acids is 1. The SMILES string of the molecule is COc1ccc([N+](=O)[O-])cc1NCC(=O)Nc1ccc(Cl)c(Cl)c1. The average Bonchev–Trinajstić information content (AvgIpc) is 2.56. The normalized spacial score (nSPS) is 10.1. The first-order valence-corrected chi connectivity index (χ1v) is 7.47. The van der Waals surface area contributed by atoms with E-state index in [1.54, 1.807) is 12.1 Å². The summed E-state index contributed by atoms with van der Waals surface area (Å²) in [6.07, 6.45) is 0. The van der Waals surface area contributed by atoms with Crippen LogP contribution in [-0.2, 0) is 4.79 Å². The van der Waals surface area contributed by atoms with E-state index in [0.717, 1.165) is 0 Å². The highest BCUT2D eigenvalue weighted by molar-refractivity contribution is 6.42. The molecule has 0 unspecified atom stereocenters. The third-order valence-electron chi connectivity index (χ3n) is 3.04. The number of nitrogens with zero attached hydrogens (tertiary/aromatic N) is 1. The Morgan fingerprint density at radius 1 is 1.21 bits per heavy atom. The number of nitro groups is 1. The summed E-state index contributed by atoms with van der Waals surface area (Å²) < 4.78 is 5.11. The Labute approximate surface area is 147 Å². The second-order valence-electron chi connectivity index (χ2n) is 4.67. The Morgan fingerprint density at radius 3 is 2.58 bits per heavy atom. The van der Waals surface area contributed by atoms with Crippen LogP contribution < -0.4 is 15.4 Å². The largest absolute Gasteiger partial charge is 0.495 e. The third-order valence-corrected chi connectivity index (χ3v) is 3.78. The molecule has 2 aromatic carbocycles. The zero-order valence-electron chi connectivity index (χ0n) is 12.5. The molecule has 1 amide bonds. The topological polar surface area (TPSA) is 93.5 Å². The van der Waals surface area contributed by atoms with E-state index in [-0.39, 0.29) is 18.1 Å². The lowest BCUT2D eigenvalue weighted by atomic mass is 10.2. The Morgan fingerprint density at radius 2 is 1.96 bits per heavy atom. The minimum atomic E-state index is -0.527. The molecular formula is C15H13Cl2N3O4. The fourth-order valence-corrected chi connectivity index (χ4v) is 2.20. The number of hydrogen-bond acceptors (Lipinski definition) is 5. The molecular weight excluding hydrogens is 357 g/mol. The molecule has 2 aromatic rings. The van der Waals surface area contributed by atoms with Crippen LogP contribution in [0.2, 0.25) is 10.0 Å². The van der Waals surface area contributed by atoms with Crippen molar-refractivity contribution in [1.82, 2.24) is 0 Å². The van der Waals surface area contributed by atoms with Crippen molar-refractivity contribution in [3.05, 3.63) is 56.6 Å². The summed E-state index contributed by atoms with van der Waals surface area (Å²) in [5.74, 6) is 0.0323. The zero-order valence-corrected chi connectivity index (χ0v) is 14.0. The van der Waals surface area contributed by atoms with E-state index < -0.39 is 4.92 Å². The number of carbonyl (C=O) groups is 1. The number of methoxy groups -OCH3 is 1. The molecule has 0 radical (unpaired) electrons. The van der Waals surface area contributed by atoms with Gasteiger partial charge in [0, 0.05) is 17.8 Å². The van der Waals surface area contributed by atoms with Crippen molar-refractivity contribution in [1.29, 1.82) is 0 Å². The number of benzene rings is 2. The first-order valence-electron chi connectivity index (χ1n) is 6.72. The number of anilines is 2. The van der Waals surface area contributed by atoms with Gasteiger partial charge in [-0.25, -0.2) is 0 Å².